The molecule has 0 aliphatic heterocycles. The fourth-order valence-electron chi connectivity index (χ4n) is 0.500. The van der Waals surface area contributed by atoms with E-state index >= 15 is 0 Å². The van der Waals surface area contributed by atoms with Crippen molar-refractivity contribution in [3.8, 4) is 0 Å². The van der Waals surface area contributed by atoms with Gasteiger partial charge in [-0.1, -0.05) is 39.5 Å². The standard InChI is InChI=1S/C6H14.Ca.H2.2H/c1-3-5-6-4-2;;;;/h3-6H2,1-2H3;;1H;;/q;+2;;2*-1. The van der Waals surface area contributed by atoms with Gasteiger partial charge < -0.3 is 2.85 Å². The first-order valence-electron chi connectivity index (χ1n) is 2.91. The van der Waals surface area contributed by atoms with Crippen LogP contribution in [-0.4, -0.2) is 37.7 Å². The summed E-state index contributed by atoms with van der Waals surface area (Å²) in [6, 6.07) is 0. The molecular formula is C6H18Ca. The minimum atomic E-state index is 0. The molecule has 0 aliphatic carbocycles. The summed E-state index contributed by atoms with van der Waals surface area (Å²) in [6.07, 6.45) is 5.54. The minimum Gasteiger partial charge on any atom is -1.00 e. The van der Waals surface area contributed by atoms with Gasteiger partial charge in [-0.25, -0.2) is 0 Å². The van der Waals surface area contributed by atoms with Gasteiger partial charge in [0.1, 0.15) is 0 Å². The number of unbranched alkanes of at least 4 members (excludes halogenated alkanes) is 3. The Hall–Kier alpha value is 1.26. The zero-order chi connectivity index (χ0) is 4.83. The van der Waals surface area contributed by atoms with E-state index in [4.69, 9.17) is 0 Å². The van der Waals surface area contributed by atoms with Gasteiger partial charge in [-0.15, -0.1) is 0 Å². The van der Waals surface area contributed by atoms with E-state index in [1.807, 2.05) is 0 Å². The van der Waals surface area contributed by atoms with Crippen molar-refractivity contribution in [1.82, 2.24) is 0 Å². The predicted octanol–water partition coefficient (Wildman–Crippen LogP) is 2.68. The molecule has 0 saturated carbocycles. The van der Waals surface area contributed by atoms with E-state index in [2.05, 4.69) is 13.8 Å². The molecule has 0 nitrogen and oxygen atoms in total. The van der Waals surface area contributed by atoms with Crippen LogP contribution in [0.5, 0.6) is 0 Å². The monoisotopic (exact) mass is 130 g/mol. The summed E-state index contributed by atoms with van der Waals surface area (Å²) in [4.78, 5) is 0. The van der Waals surface area contributed by atoms with Crippen molar-refractivity contribution in [3.05, 3.63) is 0 Å². The fourth-order valence-corrected chi connectivity index (χ4v) is 0.500. The van der Waals surface area contributed by atoms with Crippen molar-refractivity contribution < 1.29 is 4.28 Å². The van der Waals surface area contributed by atoms with Gasteiger partial charge >= 0.3 is 37.7 Å². The maximum Gasteiger partial charge on any atom is 2.00 e. The summed E-state index contributed by atoms with van der Waals surface area (Å²) in [7, 11) is 0. The van der Waals surface area contributed by atoms with Crippen LogP contribution in [-0.2, 0) is 0 Å². The van der Waals surface area contributed by atoms with Crippen molar-refractivity contribution >= 4 is 37.7 Å². The maximum absolute atomic E-state index is 2.23. The molecule has 0 heterocycles. The molecule has 0 aromatic rings. The van der Waals surface area contributed by atoms with Crippen LogP contribution < -0.4 is 0 Å². The van der Waals surface area contributed by atoms with Crippen LogP contribution in [0.3, 0.4) is 0 Å². The summed E-state index contributed by atoms with van der Waals surface area (Å²) in [6.45, 7) is 4.46. The van der Waals surface area contributed by atoms with E-state index in [1.165, 1.54) is 25.7 Å². The summed E-state index contributed by atoms with van der Waals surface area (Å²) in [5.41, 5.74) is 0. The molecule has 0 unspecified atom stereocenters. The second-order valence-corrected chi connectivity index (χ2v) is 1.71. The van der Waals surface area contributed by atoms with Gasteiger partial charge in [0.25, 0.3) is 0 Å². The quantitative estimate of drug-likeness (QED) is 0.407. The predicted molar refractivity (Wildman–Crippen MR) is 39.9 cm³/mol. The molecule has 0 N–H and O–H groups in total. The van der Waals surface area contributed by atoms with E-state index in [9.17, 15) is 0 Å². The number of rotatable bonds is 3. The Kier molecular flexibility index (Phi) is 16.3. The van der Waals surface area contributed by atoms with Crippen molar-refractivity contribution in [1.29, 1.82) is 0 Å². The Morgan fingerprint density at radius 2 is 1.43 bits per heavy atom. The SMILES string of the molecule is CCCCCC.[Ca+2].[H-].[H-].[HH]. The Labute approximate surface area is 81.1 Å². The Morgan fingerprint density at radius 1 is 1.14 bits per heavy atom. The van der Waals surface area contributed by atoms with E-state index < -0.39 is 0 Å². The Bertz CT molecular complexity index is 25.0. The van der Waals surface area contributed by atoms with E-state index in [0.717, 1.165) is 0 Å². The van der Waals surface area contributed by atoms with Crippen molar-refractivity contribution in [2.24, 2.45) is 0 Å². The van der Waals surface area contributed by atoms with Gasteiger partial charge in [0.05, 0.1) is 0 Å². The second kappa shape index (κ2) is 10.3. The zero-order valence-electron chi connectivity index (χ0n) is 7.54. The number of hydrogen-bond acceptors (Lipinski definition) is 0. The molecule has 0 fully saturated rings. The van der Waals surface area contributed by atoms with Crippen LogP contribution in [0.25, 0.3) is 0 Å². The van der Waals surface area contributed by atoms with Gasteiger partial charge in [-0.05, 0) is 0 Å². The maximum atomic E-state index is 2.23. The largest absolute Gasteiger partial charge is 2.00 e. The van der Waals surface area contributed by atoms with Gasteiger partial charge in [0.2, 0.25) is 0 Å². The summed E-state index contributed by atoms with van der Waals surface area (Å²) in [5, 5.41) is 0. The van der Waals surface area contributed by atoms with Crippen molar-refractivity contribution in [3.63, 3.8) is 0 Å². The second-order valence-electron chi connectivity index (χ2n) is 1.71. The molecule has 0 rings (SSSR count). The first-order chi connectivity index (χ1) is 2.91. The van der Waals surface area contributed by atoms with Crippen LogP contribution in [0.2, 0.25) is 0 Å². The first-order valence-corrected chi connectivity index (χ1v) is 2.91. The molecule has 0 spiro atoms. The summed E-state index contributed by atoms with van der Waals surface area (Å²) < 4.78 is 0. The van der Waals surface area contributed by atoms with Gasteiger partial charge in [-0.3, -0.25) is 0 Å². The normalized spacial score (nSPS) is 7.71. The van der Waals surface area contributed by atoms with Gasteiger partial charge in [0, 0.05) is 1.43 Å². The number of hydrogen-bond donors (Lipinski definition) is 0. The fraction of sp³-hybridized carbons (Fsp3) is 1.00. The molecule has 0 radical (unpaired) electrons. The Morgan fingerprint density at radius 3 is 1.57 bits per heavy atom. The van der Waals surface area contributed by atoms with E-state index in [0.29, 0.717) is 0 Å². The van der Waals surface area contributed by atoms with Gasteiger partial charge in [0.15, 0.2) is 0 Å². The summed E-state index contributed by atoms with van der Waals surface area (Å²) >= 11 is 0. The molecule has 1 heteroatoms. The van der Waals surface area contributed by atoms with Crippen LogP contribution in [0.4, 0.5) is 0 Å². The molecule has 44 valence electrons. The van der Waals surface area contributed by atoms with E-state index in [-0.39, 0.29) is 42.0 Å². The molecule has 0 aromatic heterocycles. The third-order valence-electron chi connectivity index (χ3n) is 0.957. The van der Waals surface area contributed by atoms with Crippen molar-refractivity contribution in [2.45, 2.75) is 39.5 Å². The summed E-state index contributed by atoms with van der Waals surface area (Å²) in [5.74, 6) is 0. The zero-order valence-corrected chi connectivity index (χ0v) is 7.74. The molecular weight excluding hydrogens is 112 g/mol. The third-order valence-corrected chi connectivity index (χ3v) is 0.957. The molecule has 0 aromatic carbocycles. The average molecular weight is 130 g/mol. The van der Waals surface area contributed by atoms with Crippen molar-refractivity contribution in [2.75, 3.05) is 0 Å². The first kappa shape index (κ1) is 11.1. The molecule has 7 heavy (non-hydrogen) atoms. The average Bonchev–Trinajstić information content (AvgIpc) is 1.61. The molecule has 0 amide bonds. The smallest absolute Gasteiger partial charge is 1.00 e. The van der Waals surface area contributed by atoms with Crippen LogP contribution in [0.15, 0.2) is 0 Å². The topological polar surface area (TPSA) is 0 Å². The molecule has 0 atom stereocenters. The minimum absolute atomic E-state index is 0. The molecule has 0 bridgehead atoms. The van der Waals surface area contributed by atoms with Gasteiger partial charge in [-0.2, -0.15) is 0 Å². The van der Waals surface area contributed by atoms with E-state index in [1.54, 1.807) is 0 Å². The third kappa shape index (κ3) is 11.1. The molecule has 0 aliphatic rings. The molecule has 0 saturated heterocycles. The van der Waals surface area contributed by atoms with Crippen LogP contribution in [0.1, 0.15) is 43.8 Å². The van der Waals surface area contributed by atoms with Crippen LogP contribution in [0, 0.1) is 0 Å². The Balaban J connectivity index is -0.0000000208. The van der Waals surface area contributed by atoms with Crippen LogP contribution >= 0.6 is 0 Å².